The van der Waals surface area contributed by atoms with E-state index in [4.69, 9.17) is 26.3 Å². The van der Waals surface area contributed by atoms with Crippen molar-refractivity contribution in [2.24, 2.45) is 0 Å². The molecule has 0 bridgehead atoms. The highest BCUT2D eigenvalue weighted by Crippen LogP contribution is 2.29. The second-order valence-corrected chi connectivity index (χ2v) is 6.09. The second kappa shape index (κ2) is 8.57. The normalized spacial score (nSPS) is 11.2. The number of nitrogens with zero attached hydrogens (tertiary/aromatic N) is 1. The highest BCUT2D eigenvalue weighted by Gasteiger charge is 2.16. The maximum Gasteiger partial charge on any atom is 0.265 e. The zero-order valence-corrected chi connectivity index (χ0v) is 15.1. The lowest BCUT2D eigenvalue weighted by Gasteiger charge is -2.16. The highest BCUT2D eigenvalue weighted by molar-refractivity contribution is 9.10. The third-order valence-electron chi connectivity index (χ3n) is 2.99. The third kappa shape index (κ3) is 5.15. The van der Waals surface area contributed by atoms with Gasteiger partial charge in [-0.05, 0) is 65.3 Å². The zero-order valence-electron chi connectivity index (χ0n) is 12.8. The Labute approximate surface area is 153 Å². The smallest absolute Gasteiger partial charge is 0.265 e. The fourth-order valence-electron chi connectivity index (χ4n) is 1.81. The number of hydrogen-bond acceptors (Lipinski definition) is 4. The van der Waals surface area contributed by atoms with Gasteiger partial charge in [0, 0.05) is 10.7 Å². The van der Waals surface area contributed by atoms with Crippen LogP contribution in [-0.4, -0.2) is 18.6 Å². The van der Waals surface area contributed by atoms with Crippen molar-refractivity contribution in [1.82, 2.24) is 0 Å². The Balaban J connectivity index is 1.94. The molecule has 7 heteroatoms. The molecule has 0 spiro atoms. The number of rotatable bonds is 6. The van der Waals surface area contributed by atoms with Gasteiger partial charge >= 0.3 is 0 Å². The van der Waals surface area contributed by atoms with Gasteiger partial charge < -0.3 is 14.8 Å². The van der Waals surface area contributed by atoms with Crippen molar-refractivity contribution < 1.29 is 14.3 Å². The third-order valence-corrected chi connectivity index (χ3v) is 3.85. The first-order chi connectivity index (χ1) is 11.5. The molecule has 0 aliphatic rings. The van der Waals surface area contributed by atoms with Gasteiger partial charge in [0.2, 0.25) is 0 Å². The molecule has 0 aliphatic heterocycles. The minimum Gasteiger partial charge on any atom is -0.480 e. The van der Waals surface area contributed by atoms with Crippen LogP contribution in [0.2, 0.25) is 5.02 Å². The summed E-state index contributed by atoms with van der Waals surface area (Å²) in [4.78, 5) is 12.2. The van der Waals surface area contributed by atoms with Crippen LogP contribution in [0, 0.1) is 11.3 Å². The number of nitriles is 1. The van der Waals surface area contributed by atoms with Crippen LogP contribution in [-0.2, 0) is 4.79 Å². The molecule has 2 aromatic carbocycles. The number of benzene rings is 2. The summed E-state index contributed by atoms with van der Waals surface area (Å²) in [7, 11) is 0. The van der Waals surface area contributed by atoms with Gasteiger partial charge in [0.1, 0.15) is 17.6 Å². The molecule has 24 heavy (non-hydrogen) atoms. The van der Waals surface area contributed by atoms with Crippen LogP contribution in [0.5, 0.6) is 11.5 Å². The number of amides is 1. The number of halogens is 2. The molecular formula is C17H14BrClN2O3. The Morgan fingerprint density at radius 1 is 1.33 bits per heavy atom. The summed E-state index contributed by atoms with van der Waals surface area (Å²) < 4.78 is 11.5. The summed E-state index contributed by atoms with van der Waals surface area (Å²) in [5.41, 5.74) is 0.606. The van der Waals surface area contributed by atoms with E-state index in [2.05, 4.69) is 21.2 Å². The van der Waals surface area contributed by atoms with Crippen LogP contribution in [0.15, 0.2) is 46.9 Å². The van der Waals surface area contributed by atoms with E-state index in [1.807, 2.05) is 6.07 Å². The van der Waals surface area contributed by atoms with Gasteiger partial charge in [-0.1, -0.05) is 11.6 Å². The van der Waals surface area contributed by atoms with Gasteiger partial charge in [-0.2, -0.15) is 5.26 Å². The van der Waals surface area contributed by atoms with E-state index in [1.54, 1.807) is 49.4 Å². The van der Waals surface area contributed by atoms with Crippen molar-refractivity contribution in [3.8, 4) is 17.6 Å². The number of anilines is 1. The molecule has 0 aromatic heterocycles. The molecule has 1 N–H and O–H groups in total. The predicted molar refractivity (Wildman–Crippen MR) is 95.4 cm³/mol. The lowest BCUT2D eigenvalue weighted by Crippen LogP contribution is -2.30. The quantitative estimate of drug-likeness (QED) is 0.767. The molecule has 2 aromatic rings. The standard InChI is InChI=1S/C17H14BrClN2O3/c1-11(24-16-7-2-12(19)10-15(16)18)17(22)21-13-3-5-14(6-4-13)23-9-8-20/h2-7,10-11H,9H2,1H3,(H,21,22). The summed E-state index contributed by atoms with van der Waals surface area (Å²) in [6.07, 6.45) is -0.697. The number of carbonyl (C=O) groups is 1. The minimum absolute atomic E-state index is 0.0213. The molecule has 5 nitrogen and oxygen atoms in total. The largest absolute Gasteiger partial charge is 0.480 e. The molecular weight excluding hydrogens is 396 g/mol. The van der Waals surface area contributed by atoms with Crippen LogP contribution in [0.4, 0.5) is 5.69 Å². The molecule has 124 valence electrons. The Morgan fingerprint density at radius 3 is 2.67 bits per heavy atom. The average molecular weight is 410 g/mol. The first-order valence-corrected chi connectivity index (χ1v) is 8.19. The van der Waals surface area contributed by atoms with E-state index in [0.717, 1.165) is 0 Å². The van der Waals surface area contributed by atoms with Crippen molar-refractivity contribution in [3.63, 3.8) is 0 Å². The maximum atomic E-state index is 12.2. The Hall–Kier alpha value is -2.23. The van der Waals surface area contributed by atoms with Crippen molar-refractivity contribution in [2.45, 2.75) is 13.0 Å². The van der Waals surface area contributed by atoms with Crippen molar-refractivity contribution in [2.75, 3.05) is 11.9 Å². The van der Waals surface area contributed by atoms with Crippen molar-refractivity contribution >= 4 is 39.1 Å². The van der Waals surface area contributed by atoms with Crippen molar-refractivity contribution in [1.29, 1.82) is 5.26 Å². The molecule has 0 aliphatic carbocycles. The monoisotopic (exact) mass is 408 g/mol. The van der Waals surface area contributed by atoms with Gasteiger partial charge in [0.15, 0.2) is 12.7 Å². The molecule has 2 rings (SSSR count). The Morgan fingerprint density at radius 2 is 2.04 bits per heavy atom. The second-order valence-electron chi connectivity index (χ2n) is 4.80. The van der Waals surface area contributed by atoms with E-state index >= 15 is 0 Å². The van der Waals surface area contributed by atoms with Crippen LogP contribution < -0.4 is 14.8 Å². The van der Waals surface area contributed by atoms with Gasteiger partial charge in [-0.3, -0.25) is 4.79 Å². The summed E-state index contributed by atoms with van der Waals surface area (Å²) in [5, 5.41) is 11.8. The lowest BCUT2D eigenvalue weighted by molar-refractivity contribution is -0.122. The Bertz CT molecular complexity index is 759. The summed E-state index contributed by atoms with van der Waals surface area (Å²) in [5.74, 6) is 0.800. The summed E-state index contributed by atoms with van der Waals surface area (Å²) >= 11 is 9.22. The van der Waals surface area contributed by atoms with Crippen LogP contribution >= 0.6 is 27.5 Å². The van der Waals surface area contributed by atoms with Gasteiger partial charge in [-0.15, -0.1) is 0 Å². The predicted octanol–water partition coefficient (Wildman–Crippen LogP) is 4.41. The fourth-order valence-corrected chi connectivity index (χ4v) is 2.58. The molecule has 0 heterocycles. The molecule has 0 saturated heterocycles. The van der Waals surface area contributed by atoms with E-state index in [1.165, 1.54) is 0 Å². The zero-order chi connectivity index (χ0) is 17.5. The van der Waals surface area contributed by atoms with Gasteiger partial charge in [0.05, 0.1) is 4.47 Å². The number of ether oxygens (including phenoxy) is 2. The highest BCUT2D eigenvalue weighted by atomic mass is 79.9. The maximum absolute atomic E-state index is 12.2. The number of carbonyl (C=O) groups excluding carboxylic acids is 1. The average Bonchev–Trinajstić information content (AvgIpc) is 2.56. The van der Waals surface area contributed by atoms with Crippen LogP contribution in [0.3, 0.4) is 0 Å². The summed E-state index contributed by atoms with van der Waals surface area (Å²) in [6, 6.07) is 13.7. The lowest BCUT2D eigenvalue weighted by atomic mass is 10.2. The van der Waals surface area contributed by atoms with E-state index in [9.17, 15) is 4.79 Å². The Kier molecular flexibility index (Phi) is 6.47. The first kappa shape index (κ1) is 18.1. The molecule has 0 fully saturated rings. The molecule has 1 amide bonds. The molecule has 0 radical (unpaired) electrons. The van der Waals surface area contributed by atoms with Crippen LogP contribution in [0.1, 0.15) is 6.92 Å². The van der Waals surface area contributed by atoms with Gasteiger partial charge in [0.25, 0.3) is 5.91 Å². The van der Waals surface area contributed by atoms with Crippen LogP contribution in [0.25, 0.3) is 0 Å². The van der Waals surface area contributed by atoms with E-state index < -0.39 is 6.10 Å². The topological polar surface area (TPSA) is 71.3 Å². The van der Waals surface area contributed by atoms with Gasteiger partial charge in [-0.25, -0.2) is 0 Å². The minimum atomic E-state index is -0.697. The molecule has 1 atom stereocenters. The van der Waals surface area contributed by atoms with E-state index in [0.29, 0.717) is 26.7 Å². The molecule has 0 saturated carbocycles. The van der Waals surface area contributed by atoms with E-state index in [-0.39, 0.29) is 12.5 Å². The summed E-state index contributed by atoms with van der Waals surface area (Å²) in [6.45, 7) is 1.63. The molecule has 1 unspecified atom stereocenters. The van der Waals surface area contributed by atoms with Crippen molar-refractivity contribution in [3.05, 3.63) is 52.0 Å². The number of nitrogens with one attached hydrogen (secondary N) is 1. The fraction of sp³-hybridized carbons (Fsp3) is 0.176. The number of hydrogen-bond donors (Lipinski definition) is 1. The SMILES string of the molecule is CC(Oc1ccc(Cl)cc1Br)C(=O)Nc1ccc(OCC#N)cc1. The first-order valence-electron chi connectivity index (χ1n) is 7.02.